The molecule has 138 valence electrons. The van der Waals surface area contributed by atoms with Gasteiger partial charge in [0.05, 0.1) is 12.6 Å². The Morgan fingerprint density at radius 3 is 3.07 bits per heavy atom. The lowest BCUT2D eigenvalue weighted by atomic mass is 9.53. The summed E-state index contributed by atoms with van der Waals surface area (Å²) in [5, 5.41) is 13.2. The van der Waals surface area contributed by atoms with E-state index in [-0.39, 0.29) is 29.0 Å². The molecule has 0 radical (unpaired) electrons. The highest BCUT2D eigenvalue weighted by Crippen LogP contribution is 2.65. The van der Waals surface area contributed by atoms with Gasteiger partial charge in [-0.3, -0.25) is 9.69 Å². The maximum Gasteiger partial charge on any atom is 0.279 e. The summed E-state index contributed by atoms with van der Waals surface area (Å²) in [6, 6.07) is 8.96. The van der Waals surface area contributed by atoms with Crippen LogP contribution in [0.1, 0.15) is 18.4 Å². The van der Waals surface area contributed by atoms with Crippen LogP contribution in [-0.2, 0) is 14.9 Å². The van der Waals surface area contributed by atoms with E-state index in [1.54, 1.807) is 0 Å². The summed E-state index contributed by atoms with van der Waals surface area (Å²) in [5.41, 5.74) is 3.93. The van der Waals surface area contributed by atoms with E-state index in [4.69, 9.17) is 4.74 Å². The molecular formula is C21H21N3O3. The predicted octanol–water partition coefficient (Wildman–Crippen LogP) is 1.53. The first kappa shape index (κ1) is 14.8. The number of piperidine rings is 2. The molecule has 1 saturated carbocycles. The van der Waals surface area contributed by atoms with Gasteiger partial charge in [-0.25, -0.2) is 0 Å². The van der Waals surface area contributed by atoms with Crippen molar-refractivity contribution in [3.63, 3.8) is 0 Å². The molecule has 4 fully saturated rings. The molecular weight excluding hydrogens is 342 g/mol. The van der Waals surface area contributed by atoms with Gasteiger partial charge in [-0.1, -0.05) is 35.0 Å². The summed E-state index contributed by atoms with van der Waals surface area (Å²) in [6.45, 7) is 2.59. The number of nitrogens with zero attached hydrogens (tertiary/aromatic N) is 3. The maximum atomic E-state index is 13.4. The fourth-order valence-corrected chi connectivity index (χ4v) is 7.49. The van der Waals surface area contributed by atoms with E-state index in [1.807, 2.05) is 11.0 Å². The lowest BCUT2D eigenvalue weighted by Gasteiger charge is -2.58. The van der Waals surface area contributed by atoms with Crippen molar-refractivity contribution in [3.8, 4) is 0 Å². The van der Waals surface area contributed by atoms with Crippen molar-refractivity contribution >= 4 is 17.3 Å². The molecule has 3 saturated heterocycles. The summed E-state index contributed by atoms with van der Waals surface area (Å²) < 4.78 is 6.16. The lowest BCUT2D eigenvalue weighted by molar-refractivity contribution is -0.118. The average Bonchev–Trinajstić information content (AvgIpc) is 3.15. The van der Waals surface area contributed by atoms with Crippen LogP contribution in [0, 0.1) is 11.8 Å². The van der Waals surface area contributed by atoms with Crippen LogP contribution in [-0.4, -0.2) is 59.6 Å². The molecule has 1 N–H and O–H groups in total. The Kier molecular flexibility index (Phi) is 2.54. The SMILES string of the molecule is O=C1/C(=N\O)[C@@H]2OCC=C3CN4CC[C@]56c7ccccc7N1[C@H]5[C@H]2[C@H]3C[C@H]46. The number of oxime groups is 1. The summed E-state index contributed by atoms with van der Waals surface area (Å²) in [6.07, 6.45) is 4.00. The van der Waals surface area contributed by atoms with Gasteiger partial charge in [0.15, 0.2) is 5.71 Å². The minimum absolute atomic E-state index is 0.0219. The summed E-state index contributed by atoms with van der Waals surface area (Å²) in [5.74, 6) is 0.373. The van der Waals surface area contributed by atoms with E-state index in [0.29, 0.717) is 18.6 Å². The van der Waals surface area contributed by atoms with E-state index in [9.17, 15) is 10.0 Å². The van der Waals surface area contributed by atoms with E-state index in [0.717, 1.165) is 31.6 Å². The number of amides is 1. The Labute approximate surface area is 157 Å². The number of benzene rings is 1. The predicted molar refractivity (Wildman–Crippen MR) is 98.0 cm³/mol. The van der Waals surface area contributed by atoms with Crippen LogP contribution in [0.15, 0.2) is 41.1 Å². The first-order valence-corrected chi connectivity index (χ1v) is 9.95. The number of carbonyl (C=O) groups excluding carboxylic acids is 1. The van der Waals surface area contributed by atoms with Gasteiger partial charge >= 0.3 is 0 Å². The highest BCUT2D eigenvalue weighted by atomic mass is 16.5. The van der Waals surface area contributed by atoms with Crippen LogP contribution in [0.2, 0.25) is 0 Å². The fourth-order valence-electron chi connectivity index (χ4n) is 7.49. The second-order valence-electron chi connectivity index (χ2n) is 8.85. The summed E-state index contributed by atoms with van der Waals surface area (Å²) in [7, 11) is 0. The van der Waals surface area contributed by atoms with Gasteiger partial charge in [0.25, 0.3) is 5.91 Å². The van der Waals surface area contributed by atoms with Crippen LogP contribution in [0.4, 0.5) is 5.69 Å². The minimum atomic E-state index is -0.415. The summed E-state index contributed by atoms with van der Waals surface area (Å²) in [4.78, 5) is 18.0. The average molecular weight is 363 g/mol. The molecule has 2 bridgehead atoms. The molecule has 1 aromatic carbocycles. The third-order valence-corrected chi connectivity index (χ3v) is 8.27. The largest absolute Gasteiger partial charge is 0.410 e. The zero-order chi connectivity index (χ0) is 17.9. The van der Waals surface area contributed by atoms with E-state index >= 15 is 0 Å². The van der Waals surface area contributed by atoms with Crippen LogP contribution < -0.4 is 4.90 Å². The van der Waals surface area contributed by atoms with Gasteiger partial charge < -0.3 is 14.8 Å². The fraction of sp³-hybridized carbons (Fsp3) is 0.524. The Morgan fingerprint density at radius 1 is 1.30 bits per heavy atom. The Hall–Kier alpha value is -2.18. The van der Waals surface area contributed by atoms with Gasteiger partial charge in [0.2, 0.25) is 0 Å². The van der Waals surface area contributed by atoms with Gasteiger partial charge in [-0.2, -0.15) is 0 Å². The molecule has 1 amide bonds. The number of fused-ring (bicyclic) bond motifs is 2. The Balaban J connectivity index is 1.57. The van der Waals surface area contributed by atoms with Crippen molar-refractivity contribution in [2.24, 2.45) is 17.0 Å². The smallest absolute Gasteiger partial charge is 0.279 e. The third kappa shape index (κ3) is 1.44. The quantitative estimate of drug-likeness (QED) is 0.431. The number of hydrogen-bond donors (Lipinski definition) is 1. The molecule has 5 aliphatic heterocycles. The first-order chi connectivity index (χ1) is 13.3. The van der Waals surface area contributed by atoms with Crippen molar-refractivity contribution in [1.29, 1.82) is 0 Å². The molecule has 1 aliphatic carbocycles. The topological polar surface area (TPSA) is 65.4 Å². The zero-order valence-electron chi connectivity index (χ0n) is 14.9. The number of carbonyl (C=O) groups is 1. The van der Waals surface area contributed by atoms with Crippen LogP contribution in [0.5, 0.6) is 0 Å². The van der Waals surface area contributed by atoms with Gasteiger partial charge in [0, 0.05) is 29.6 Å². The van der Waals surface area contributed by atoms with Crippen molar-refractivity contribution in [2.75, 3.05) is 24.6 Å². The third-order valence-electron chi connectivity index (χ3n) is 8.27. The standard InChI is InChI=1S/C21H21N3O3/c25-20-17(22-26)18-16-12-9-15-21(6-7-23(15)10-11(12)5-8-27-18)13-3-1-2-4-14(13)24(20)19(16)21/h1-5,12,15-16,18-19,26H,6-10H2/b22-17-/t12-,15-,16-,18+,19-,21+/m0/s1. The molecule has 5 heterocycles. The highest BCUT2D eigenvalue weighted by molar-refractivity contribution is 6.46. The van der Waals surface area contributed by atoms with Crippen molar-refractivity contribution in [1.82, 2.24) is 4.90 Å². The van der Waals surface area contributed by atoms with Gasteiger partial charge in [-0.15, -0.1) is 0 Å². The second-order valence-corrected chi connectivity index (χ2v) is 8.85. The number of para-hydroxylation sites is 1. The van der Waals surface area contributed by atoms with E-state index in [1.165, 1.54) is 11.1 Å². The Morgan fingerprint density at radius 2 is 2.19 bits per heavy atom. The molecule has 1 aromatic rings. The molecule has 1 spiro atoms. The van der Waals surface area contributed by atoms with Gasteiger partial charge in [-0.05, 0) is 36.9 Å². The molecule has 7 rings (SSSR count). The molecule has 6 atom stereocenters. The normalized spacial score (nSPS) is 45.0. The number of rotatable bonds is 0. The molecule has 0 aromatic heterocycles. The number of anilines is 1. The molecule has 27 heavy (non-hydrogen) atoms. The molecule has 6 aliphatic rings. The van der Waals surface area contributed by atoms with Crippen molar-refractivity contribution in [3.05, 3.63) is 41.5 Å². The second kappa shape index (κ2) is 4.62. The van der Waals surface area contributed by atoms with E-state index < -0.39 is 6.10 Å². The maximum absolute atomic E-state index is 13.4. The molecule has 6 nitrogen and oxygen atoms in total. The van der Waals surface area contributed by atoms with E-state index in [2.05, 4.69) is 34.3 Å². The first-order valence-electron chi connectivity index (χ1n) is 9.95. The zero-order valence-corrected chi connectivity index (χ0v) is 14.9. The molecule has 0 unspecified atom stereocenters. The minimum Gasteiger partial charge on any atom is -0.410 e. The Bertz CT molecular complexity index is 956. The van der Waals surface area contributed by atoms with Crippen molar-refractivity contribution < 1.29 is 14.7 Å². The number of hydrogen-bond acceptors (Lipinski definition) is 5. The van der Waals surface area contributed by atoms with Crippen LogP contribution >= 0.6 is 0 Å². The van der Waals surface area contributed by atoms with Crippen LogP contribution in [0.3, 0.4) is 0 Å². The number of ether oxygens (including phenoxy) is 1. The highest BCUT2D eigenvalue weighted by Gasteiger charge is 2.72. The van der Waals surface area contributed by atoms with Crippen LogP contribution in [0.25, 0.3) is 0 Å². The van der Waals surface area contributed by atoms with Crippen molar-refractivity contribution in [2.45, 2.75) is 36.4 Å². The van der Waals surface area contributed by atoms with Gasteiger partial charge in [0.1, 0.15) is 6.10 Å². The lowest BCUT2D eigenvalue weighted by Crippen LogP contribution is -2.71. The monoisotopic (exact) mass is 363 g/mol. The molecule has 6 heteroatoms. The summed E-state index contributed by atoms with van der Waals surface area (Å²) >= 11 is 0.